The van der Waals surface area contributed by atoms with Crippen molar-refractivity contribution in [2.45, 2.75) is 18.9 Å². The zero-order chi connectivity index (χ0) is 21.5. The van der Waals surface area contributed by atoms with Crippen LogP contribution in [0.1, 0.15) is 18.4 Å². The third-order valence-corrected chi connectivity index (χ3v) is 7.01. The molecule has 3 aromatic rings. The third-order valence-electron chi connectivity index (χ3n) is 6.40. The Bertz CT molecular complexity index is 1150. The lowest BCUT2D eigenvalue weighted by Crippen LogP contribution is -2.36. The Morgan fingerprint density at radius 3 is 2.87 bits per heavy atom. The molecule has 0 aromatic carbocycles. The van der Waals surface area contributed by atoms with Crippen molar-refractivity contribution in [1.82, 2.24) is 24.2 Å². The Balaban J connectivity index is 1.26. The van der Waals surface area contributed by atoms with Crippen molar-refractivity contribution < 1.29 is 9.53 Å². The van der Waals surface area contributed by atoms with Gasteiger partial charge in [0.15, 0.2) is 0 Å². The van der Waals surface area contributed by atoms with E-state index in [0.717, 1.165) is 54.2 Å². The van der Waals surface area contributed by atoms with Crippen molar-refractivity contribution in [3.63, 3.8) is 0 Å². The highest BCUT2D eigenvalue weighted by Gasteiger charge is 2.44. The minimum Gasteiger partial charge on any atom is -0.466 e. The van der Waals surface area contributed by atoms with Crippen LogP contribution in [0.25, 0.3) is 11.0 Å². The molecule has 2 atom stereocenters. The van der Waals surface area contributed by atoms with Crippen LogP contribution >= 0.6 is 11.5 Å². The fourth-order valence-corrected chi connectivity index (χ4v) is 5.43. The van der Waals surface area contributed by atoms with Crippen LogP contribution in [0.5, 0.6) is 6.01 Å². The quantitative estimate of drug-likeness (QED) is 0.642. The maximum atomic E-state index is 12.6. The number of likely N-dealkylation sites (tertiary alicyclic amines) is 1. The van der Waals surface area contributed by atoms with E-state index in [1.807, 2.05) is 17.2 Å². The number of carbonyl (C=O) groups is 1. The second-order valence-corrected chi connectivity index (χ2v) is 8.80. The smallest absolute Gasteiger partial charge is 0.329 e. The van der Waals surface area contributed by atoms with Crippen LogP contribution in [0.4, 0.5) is 15.6 Å². The number of nitriles is 1. The Kier molecular flexibility index (Phi) is 4.86. The van der Waals surface area contributed by atoms with Crippen molar-refractivity contribution in [1.29, 1.82) is 5.26 Å². The lowest BCUT2D eigenvalue weighted by atomic mass is 10.0. The summed E-state index contributed by atoms with van der Waals surface area (Å²) in [5.41, 5.74) is 2.30. The van der Waals surface area contributed by atoms with Gasteiger partial charge in [0, 0.05) is 55.5 Å². The molecule has 0 spiro atoms. The van der Waals surface area contributed by atoms with Gasteiger partial charge in [0.1, 0.15) is 11.7 Å². The molecule has 10 nitrogen and oxygen atoms in total. The Hall–Kier alpha value is -3.39. The zero-order valence-electron chi connectivity index (χ0n) is 17.2. The van der Waals surface area contributed by atoms with Gasteiger partial charge in [-0.2, -0.15) is 10.2 Å². The standard InChI is InChI=1S/C20H22N8O2S/c1-27(16-13(7-21)8-23-17-15(16)3-4-22-17)14-5-11-9-28(10-12(11)6-14)20(29)25-19-24-18(30-2)26-31-19/h3-4,8,11-12,14H,5-6,9-10H2,1-2H3,(H,22,23)(H,24,25,26,29). The molecular formula is C20H22N8O2S. The van der Waals surface area contributed by atoms with E-state index >= 15 is 0 Å². The highest BCUT2D eigenvalue weighted by molar-refractivity contribution is 7.10. The van der Waals surface area contributed by atoms with Gasteiger partial charge in [-0.15, -0.1) is 4.37 Å². The Labute approximate surface area is 183 Å². The maximum Gasteiger partial charge on any atom is 0.329 e. The van der Waals surface area contributed by atoms with Crippen molar-refractivity contribution >= 4 is 39.4 Å². The van der Waals surface area contributed by atoms with E-state index in [4.69, 9.17) is 4.74 Å². The summed E-state index contributed by atoms with van der Waals surface area (Å²) in [6.07, 6.45) is 5.45. The average Bonchev–Trinajstić information content (AvgIpc) is 3.54. The molecule has 11 heteroatoms. The molecule has 0 bridgehead atoms. The molecule has 2 aliphatic rings. The fraction of sp³-hybridized carbons (Fsp3) is 0.450. The number of hydrogen-bond acceptors (Lipinski definition) is 8. The van der Waals surface area contributed by atoms with Gasteiger partial charge in [-0.25, -0.2) is 9.78 Å². The van der Waals surface area contributed by atoms with Gasteiger partial charge in [-0.1, -0.05) is 0 Å². The van der Waals surface area contributed by atoms with E-state index in [9.17, 15) is 10.1 Å². The van der Waals surface area contributed by atoms with Crippen LogP contribution in [0, 0.1) is 23.2 Å². The van der Waals surface area contributed by atoms with Gasteiger partial charge >= 0.3 is 12.0 Å². The molecule has 1 saturated heterocycles. The van der Waals surface area contributed by atoms with Crippen LogP contribution in [0.3, 0.4) is 0 Å². The summed E-state index contributed by atoms with van der Waals surface area (Å²) in [5.74, 6) is 0.882. The van der Waals surface area contributed by atoms with Crippen LogP contribution in [-0.2, 0) is 0 Å². The molecule has 0 radical (unpaired) electrons. The van der Waals surface area contributed by atoms with Crippen LogP contribution in [0.2, 0.25) is 0 Å². The molecule has 4 heterocycles. The molecule has 2 N–H and O–H groups in total. The van der Waals surface area contributed by atoms with Crippen LogP contribution < -0.4 is 15.0 Å². The van der Waals surface area contributed by atoms with E-state index in [2.05, 4.69) is 42.7 Å². The molecule has 1 aliphatic carbocycles. The summed E-state index contributed by atoms with van der Waals surface area (Å²) in [4.78, 5) is 28.3. The third kappa shape index (κ3) is 3.42. The summed E-state index contributed by atoms with van der Waals surface area (Å²) in [5, 5.41) is 13.8. The van der Waals surface area contributed by atoms with Crippen molar-refractivity contribution in [2.75, 3.05) is 37.5 Å². The Morgan fingerprint density at radius 1 is 1.42 bits per heavy atom. The topological polar surface area (TPSA) is 123 Å². The highest BCUT2D eigenvalue weighted by Crippen LogP contribution is 2.42. The number of nitrogens with zero attached hydrogens (tertiary/aromatic N) is 6. The predicted octanol–water partition coefficient (Wildman–Crippen LogP) is 2.67. The van der Waals surface area contributed by atoms with Gasteiger partial charge < -0.3 is 19.5 Å². The van der Waals surface area contributed by atoms with Crippen LogP contribution in [-0.4, -0.2) is 63.5 Å². The first-order valence-corrected chi connectivity index (χ1v) is 10.9. The number of aromatic amines is 1. The number of rotatable bonds is 4. The summed E-state index contributed by atoms with van der Waals surface area (Å²) < 4.78 is 8.97. The predicted molar refractivity (Wildman–Crippen MR) is 116 cm³/mol. The molecule has 3 aromatic heterocycles. The van der Waals surface area contributed by atoms with E-state index in [-0.39, 0.29) is 12.0 Å². The van der Waals surface area contributed by atoms with E-state index < -0.39 is 0 Å². The molecule has 31 heavy (non-hydrogen) atoms. The van der Waals surface area contributed by atoms with Crippen LogP contribution in [0.15, 0.2) is 18.5 Å². The van der Waals surface area contributed by atoms with Crippen molar-refractivity contribution in [2.24, 2.45) is 11.8 Å². The first kappa shape index (κ1) is 19.6. The number of ether oxygens (including phenoxy) is 1. The molecule has 5 rings (SSSR count). The van der Waals surface area contributed by atoms with Crippen molar-refractivity contribution in [3.8, 4) is 12.1 Å². The van der Waals surface area contributed by atoms with Crippen molar-refractivity contribution in [3.05, 3.63) is 24.0 Å². The molecule has 2 amide bonds. The molecule has 2 unspecified atom stereocenters. The number of nitrogens with one attached hydrogen (secondary N) is 2. The summed E-state index contributed by atoms with van der Waals surface area (Å²) >= 11 is 1.10. The Morgan fingerprint density at radius 2 is 2.19 bits per heavy atom. The minimum atomic E-state index is -0.145. The first-order valence-electron chi connectivity index (χ1n) is 10.1. The summed E-state index contributed by atoms with van der Waals surface area (Å²) in [7, 11) is 3.55. The van der Waals surface area contributed by atoms with Gasteiger partial charge in [-0.05, 0) is 30.7 Å². The SMILES string of the molecule is COc1nsc(NC(=O)N2CC3CC(N(C)c4c(C#N)cnc5[nH]ccc45)CC3C2)n1. The van der Waals surface area contributed by atoms with E-state index in [0.29, 0.717) is 28.6 Å². The number of aromatic nitrogens is 4. The number of H-pyrrole nitrogens is 1. The number of methoxy groups -OCH3 is 1. The number of anilines is 2. The number of fused-ring (bicyclic) bond motifs is 2. The number of amides is 2. The highest BCUT2D eigenvalue weighted by atomic mass is 32.1. The van der Waals surface area contributed by atoms with Gasteiger partial charge in [-0.3, -0.25) is 5.32 Å². The number of hydrogen-bond donors (Lipinski definition) is 2. The molecule has 2 fully saturated rings. The number of urea groups is 1. The minimum absolute atomic E-state index is 0.145. The molecule has 160 valence electrons. The number of carbonyl (C=O) groups excluding carboxylic acids is 1. The lowest BCUT2D eigenvalue weighted by molar-refractivity contribution is 0.218. The summed E-state index contributed by atoms with van der Waals surface area (Å²) in [6.45, 7) is 1.44. The van der Waals surface area contributed by atoms with E-state index in [1.165, 1.54) is 7.11 Å². The molecular weight excluding hydrogens is 416 g/mol. The zero-order valence-corrected chi connectivity index (χ0v) is 18.0. The lowest BCUT2D eigenvalue weighted by Gasteiger charge is -2.29. The molecule has 1 aliphatic heterocycles. The largest absolute Gasteiger partial charge is 0.466 e. The molecule has 1 saturated carbocycles. The van der Waals surface area contributed by atoms with Gasteiger partial charge in [0.2, 0.25) is 5.13 Å². The average molecular weight is 439 g/mol. The monoisotopic (exact) mass is 438 g/mol. The fourth-order valence-electron chi connectivity index (χ4n) is 4.90. The summed E-state index contributed by atoms with van der Waals surface area (Å²) in [6, 6.07) is 4.69. The first-order chi connectivity index (χ1) is 15.1. The second-order valence-electron chi connectivity index (χ2n) is 8.05. The number of pyridine rings is 1. The van der Waals surface area contributed by atoms with E-state index in [1.54, 1.807) is 6.20 Å². The second kappa shape index (κ2) is 7.70. The maximum absolute atomic E-state index is 12.6. The van der Waals surface area contributed by atoms with Gasteiger partial charge in [0.05, 0.1) is 18.4 Å². The normalized spacial score (nSPS) is 22.4. The van der Waals surface area contributed by atoms with Gasteiger partial charge in [0.25, 0.3) is 0 Å².